The van der Waals surface area contributed by atoms with E-state index in [1.807, 2.05) is 6.20 Å². The molecule has 0 aliphatic rings. The number of hydrogen-bond donors (Lipinski definition) is 1. The van der Waals surface area contributed by atoms with Crippen LogP contribution in [0, 0.1) is 6.92 Å². The molecule has 0 saturated carbocycles. The van der Waals surface area contributed by atoms with Crippen LogP contribution in [-0.4, -0.2) is 10.2 Å². The summed E-state index contributed by atoms with van der Waals surface area (Å²) in [5.74, 6) is 0. The van der Waals surface area contributed by atoms with E-state index in [0.717, 1.165) is 18.5 Å². The average molecular weight is 262 g/mol. The Balaban J connectivity index is 1.86. The van der Waals surface area contributed by atoms with Crippen molar-refractivity contribution in [3.8, 4) is 11.3 Å². The summed E-state index contributed by atoms with van der Waals surface area (Å²) in [6.07, 6.45) is 4.04. The van der Waals surface area contributed by atoms with Gasteiger partial charge in [-0.15, -0.1) is 0 Å². The fraction of sp³-hybridized carbons (Fsp3) is 0.167. The predicted molar refractivity (Wildman–Crippen MR) is 82.6 cm³/mol. The lowest BCUT2D eigenvalue weighted by molar-refractivity contribution is 0.959. The van der Waals surface area contributed by atoms with Gasteiger partial charge < -0.3 is 0 Å². The third-order valence-corrected chi connectivity index (χ3v) is 3.63. The first-order chi connectivity index (χ1) is 9.84. The SMILES string of the molecule is Cc1c[nH]nc1-c1ccccc1CCc1ccccc1. The minimum absolute atomic E-state index is 1.03. The van der Waals surface area contributed by atoms with E-state index in [4.69, 9.17) is 0 Å². The molecule has 2 heteroatoms. The third-order valence-electron chi connectivity index (χ3n) is 3.63. The predicted octanol–water partition coefficient (Wildman–Crippen LogP) is 4.17. The van der Waals surface area contributed by atoms with Gasteiger partial charge in [0, 0.05) is 11.8 Å². The molecule has 1 N–H and O–H groups in total. The van der Waals surface area contributed by atoms with E-state index >= 15 is 0 Å². The summed E-state index contributed by atoms with van der Waals surface area (Å²) in [5, 5.41) is 7.32. The Morgan fingerprint density at radius 1 is 0.900 bits per heavy atom. The third kappa shape index (κ3) is 2.64. The highest BCUT2D eigenvalue weighted by atomic mass is 15.1. The topological polar surface area (TPSA) is 28.7 Å². The molecule has 20 heavy (non-hydrogen) atoms. The van der Waals surface area contributed by atoms with Gasteiger partial charge >= 0.3 is 0 Å². The van der Waals surface area contributed by atoms with Gasteiger partial charge in [0.25, 0.3) is 0 Å². The van der Waals surface area contributed by atoms with E-state index in [9.17, 15) is 0 Å². The molecule has 0 amide bonds. The quantitative estimate of drug-likeness (QED) is 0.751. The van der Waals surface area contributed by atoms with Crippen LogP contribution in [-0.2, 0) is 12.8 Å². The van der Waals surface area contributed by atoms with E-state index in [1.54, 1.807) is 0 Å². The van der Waals surface area contributed by atoms with Crippen LogP contribution in [0.25, 0.3) is 11.3 Å². The lowest BCUT2D eigenvalue weighted by Crippen LogP contribution is -1.95. The molecule has 0 unspecified atom stereocenters. The van der Waals surface area contributed by atoms with E-state index in [-0.39, 0.29) is 0 Å². The molecular formula is C18H18N2. The van der Waals surface area contributed by atoms with Crippen molar-refractivity contribution in [2.45, 2.75) is 19.8 Å². The van der Waals surface area contributed by atoms with E-state index < -0.39 is 0 Å². The van der Waals surface area contributed by atoms with Crippen molar-refractivity contribution in [3.05, 3.63) is 77.5 Å². The molecule has 3 aromatic rings. The molecule has 100 valence electrons. The van der Waals surface area contributed by atoms with Gasteiger partial charge in [0.05, 0.1) is 5.69 Å². The van der Waals surface area contributed by atoms with Crippen LogP contribution in [0.2, 0.25) is 0 Å². The summed E-state index contributed by atoms with van der Waals surface area (Å²) in [7, 11) is 0. The minimum atomic E-state index is 1.03. The number of aryl methyl sites for hydroxylation is 3. The van der Waals surface area contributed by atoms with Crippen molar-refractivity contribution >= 4 is 0 Å². The van der Waals surface area contributed by atoms with Crippen molar-refractivity contribution in [2.75, 3.05) is 0 Å². The Kier molecular flexibility index (Phi) is 3.64. The first-order valence-electron chi connectivity index (χ1n) is 6.97. The molecule has 3 rings (SSSR count). The maximum absolute atomic E-state index is 4.38. The number of hydrogen-bond acceptors (Lipinski definition) is 1. The number of H-pyrrole nitrogens is 1. The molecule has 0 aliphatic heterocycles. The summed E-state index contributed by atoms with van der Waals surface area (Å²) < 4.78 is 0. The number of nitrogens with one attached hydrogen (secondary N) is 1. The van der Waals surface area contributed by atoms with Crippen molar-refractivity contribution < 1.29 is 0 Å². The summed E-state index contributed by atoms with van der Waals surface area (Å²) in [6, 6.07) is 19.2. The smallest absolute Gasteiger partial charge is 0.0952 e. The van der Waals surface area contributed by atoms with Crippen LogP contribution >= 0.6 is 0 Å². The zero-order chi connectivity index (χ0) is 13.8. The molecule has 2 aromatic carbocycles. The Bertz CT molecular complexity index is 683. The standard InChI is InChI=1S/C18H18N2/c1-14-13-19-20-18(14)17-10-6-5-9-16(17)12-11-15-7-3-2-4-8-15/h2-10,13H,11-12H2,1H3,(H,19,20). The molecular weight excluding hydrogens is 244 g/mol. The lowest BCUT2D eigenvalue weighted by Gasteiger charge is -2.08. The number of nitrogens with zero attached hydrogens (tertiary/aromatic N) is 1. The van der Waals surface area contributed by atoms with E-state index in [0.29, 0.717) is 0 Å². The molecule has 0 radical (unpaired) electrons. The maximum Gasteiger partial charge on any atom is 0.0952 e. The first-order valence-corrected chi connectivity index (χ1v) is 6.97. The van der Waals surface area contributed by atoms with E-state index in [1.165, 1.54) is 22.3 Å². The summed E-state index contributed by atoms with van der Waals surface area (Å²) in [4.78, 5) is 0. The van der Waals surface area contributed by atoms with E-state index in [2.05, 4.69) is 71.7 Å². The van der Waals surface area contributed by atoms with Gasteiger partial charge in [-0.1, -0.05) is 54.6 Å². The second-order valence-electron chi connectivity index (χ2n) is 5.06. The van der Waals surface area contributed by atoms with Gasteiger partial charge in [0.15, 0.2) is 0 Å². The Morgan fingerprint density at radius 2 is 1.65 bits per heavy atom. The summed E-state index contributed by atoms with van der Waals surface area (Å²) in [6.45, 7) is 2.09. The highest BCUT2D eigenvalue weighted by Gasteiger charge is 2.09. The molecule has 2 nitrogen and oxygen atoms in total. The fourth-order valence-electron chi connectivity index (χ4n) is 2.52. The van der Waals surface area contributed by atoms with Crippen molar-refractivity contribution in [2.24, 2.45) is 0 Å². The normalized spacial score (nSPS) is 10.7. The van der Waals surface area contributed by atoms with Gasteiger partial charge in [-0.3, -0.25) is 5.10 Å². The zero-order valence-corrected chi connectivity index (χ0v) is 11.6. The molecule has 0 atom stereocenters. The van der Waals surface area contributed by atoms with Crippen LogP contribution in [0.1, 0.15) is 16.7 Å². The highest BCUT2D eigenvalue weighted by Crippen LogP contribution is 2.25. The van der Waals surface area contributed by atoms with Crippen molar-refractivity contribution in [3.63, 3.8) is 0 Å². The molecule has 0 fully saturated rings. The Labute approximate surface area is 119 Å². The second kappa shape index (κ2) is 5.74. The largest absolute Gasteiger partial charge is 0.285 e. The van der Waals surface area contributed by atoms with Gasteiger partial charge in [0.1, 0.15) is 0 Å². The average Bonchev–Trinajstić information content (AvgIpc) is 2.92. The Hall–Kier alpha value is -2.35. The lowest BCUT2D eigenvalue weighted by atomic mass is 9.97. The number of rotatable bonds is 4. The van der Waals surface area contributed by atoms with Crippen LogP contribution in [0.4, 0.5) is 0 Å². The second-order valence-corrected chi connectivity index (χ2v) is 5.06. The highest BCUT2D eigenvalue weighted by molar-refractivity contribution is 5.66. The fourth-order valence-corrected chi connectivity index (χ4v) is 2.52. The van der Waals surface area contributed by atoms with Crippen LogP contribution < -0.4 is 0 Å². The monoisotopic (exact) mass is 262 g/mol. The number of aromatic amines is 1. The van der Waals surface area contributed by atoms with Gasteiger partial charge in [-0.2, -0.15) is 5.10 Å². The number of aromatic nitrogens is 2. The molecule has 0 bridgehead atoms. The minimum Gasteiger partial charge on any atom is -0.285 e. The molecule has 1 aromatic heterocycles. The maximum atomic E-state index is 4.38. The molecule has 1 heterocycles. The number of benzene rings is 2. The van der Waals surface area contributed by atoms with Gasteiger partial charge in [-0.05, 0) is 36.5 Å². The van der Waals surface area contributed by atoms with Crippen LogP contribution in [0.5, 0.6) is 0 Å². The van der Waals surface area contributed by atoms with Crippen LogP contribution in [0.3, 0.4) is 0 Å². The van der Waals surface area contributed by atoms with Crippen molar-refractivity contribution in [1.82, 2.24) is 10.2 Å². The van der Waals surface area contributed by atoms with Gasteiger partial charge in [0.2, 0.25) is 0 Å². The first kappa shape index (κ1) is 12.7. The molecule has 0 spiro atoms. The summed E-state index contributed by atoms with van der Waals surface area (Å²) in [5.41, 5.74) is 6.22. The van der Waals surface area contributed by atoms with Crippen molar-refractivity contribution in [1.29, 1.82) is 0 Å². The zero-order valence-electron chi connectivity index (χ0n) is 11.6. The summed E-state index contributed by atoms with van der Waals surface area (Å²) >= 11 is 0. The Morgan fingerprint density at radius 3 is 2.40 bits per heavy atom. The molecule has 0 aliphatic carbocycles. The molecule has 0 saturated heterocycles. The van der Waals surface area contributed by atoms with Gasteiger partial charge in [-0.25, -0.2) is 0 Å². The van der Waals surface area contributed by atoms with Crippen LogP contribution in [0.15, 0.2) is 60.8 Å².